The highest BCUT2D eigenvalue weighted by Gasteiger charge is 2.19. The fourth-order valence-electron chi connectivity index (χ4n) is 3.81. The van der Waals surface area contributed by atoms with Gasteiger partial charge in [-0.15, -0.1) is 0 Å². The van der Waals surface area contributed by atoms with Crippen molar-refractivity contribution in [2.75, 3.05) is 13.2 Å². The van der Waals surface area contributed by atoms with Crippen molar-refractivity contribution in [3.8, 4) is 22.9 Å². The van der Waals surface area contributed by atoms with Crippen LogP contribution in [0.4, 0.5) is 0 Å². The first-order chi connectivity index (χ1) is 16.7. The summed E-state index contributed by atoms with van der Waals surface area (Å²) in [6.07, 6.45) is 5.66. The zero-order valence-corrected chi connectivity index (χ0v) is 21.6. The van der Waals surface area contributed by atoms with Crippen molar-refractivity contribution in [2.24, 2.45) is 0 Å². The molecule has 3 heterocycles. The van der Waals surface area contributed by atoms with Crippen LogP contribution < -0.4 is 4.74 Å². The Balaban J connectivity index is 0.00000133. The maximum atomic E-state index is 9.79. The van der Waals surface area contributed by atoms with Gasteiger partial charge in [0.2, 0.25) is 0 Å². The highest BCUT2D eigenvalue weighted by molar-refractivity contribution is 9.10. The average molecular weight is 536 g/mol. The number of fused-ring (bicyclic) bond motifs is 1. The van der Waals surface area contributed by atoms with Gasteiger partial charge in [0.05, 0.1) is 18.8 Å². The topological polar surface area (TPSA) is 60.1 Å². The van der Waals surface area contributed by atoms with Crippen LogP contribution in [-0.2, 0) is 4.74 Å². The van der Waals surface area contributed by atoms with Crippen LogP contribution in [0.3, 0.4) is 0 Å². The second-order valence-electron chi connectivity index (χ2n) is 7.55. The number of rotatable bonds is 5. The van der Waals surface area contributed by atoms with E-state index in [0.717, 1.165) is 44.4 Å². The number of benzene rings is 2. The molecule has 2 aromatic carbocycles. The van der Waals surface area contributed by atoms with Gasteiger partial charge in [0.1, 0.15) is 17.9 Å². The molecule has 34 heavy (non-hydrogen) atoms. The fraction of sp³-hybridized carbons (Fsp3) is 0.259. The number of nitriles is 1. The lowest BCUT2D eigenvalue weighted by atomic mass is 10.0. The minimum atomic E-state index is 0.0889. The van der Waals surface area contributed by atoms with Crippen LogP contribution in [0.1, 0.15) is 32.3 Å². The van der Waals surface area contributed by atoms with Gasteiger partial charge in [-0.1, -0.05) is 38.1 Å². The van der Waals surface area contributed by atoms with Gasteiger partial charge in [-0.3, -0.25) is 3.97 Å². The summed E-state index contributed by atoms with van der Waals surface area (Å²) in [4.78, 5) is 5.78. The van der Waals surface area contributed by atoms with Crippen molar-refractivity contribution in [2.45, 2.75) is 37.7 Å². The van der Waals surface area contributed by atoms with E-state index in [4.69, 9.17) is 9.47 Å². The molecule has 7 heteroatoms. The highest BCUT2D eigenvalue weighted by Crippen LogP contribution is 2.37. The molecular formula is C27H26BrN3O2S. The van der Waals surface area contributed by atoms with Gasteiger partial charge >= 0.3 is 0 Å². The number of pyridine rings is 1. The molecule has 4 aromatic rings. The van der Waals surface area contributed by atoms with Crippen molar-refractivity contribution >= 4 is 38.9 Å². The zero-order chi connectivity index (χ0) is 23.9. The van der Waals surface area contributed by atoms with Gasteiger partial charge in [-0.05, 0) is 63.8 Å². The third-order valence-corrected chi connectivity index (χ3v) is 6.79. The molecule has 0 spiro atoms. The van der Waals surface area contributed by atoms with Gasteiger partial charge in [-0.25, -0.2) is 4.98 Å². The minimum absolute atomic E-state index is 0.0889. The summed E-state index contributed by atoms with van der Waals surface area (Å²) in [7, 11) is 0. The third-order valence-electron chi connectivity index (χ3n) is 5.40. The zero-order valence-electron chi connectivity index (χ0n) is 19.2. The number of hydrogen-bond acceptors (Lipinski definition) is 5. The van der Waals surface area contributed by atoms with Crippen LogP contribution in [0.5, 0.6) is 5.75 Å². The predicted molar refractivity (Wildman–Crippen MR) is 141 cm³/mol. The van der Waals surface area contributed by atoms with E-state index in [9.17, 15) is 5.26 Å². The van der Waals surface area contributed by atoms with Crippen molar-refractivity contribution in [1.29, 1.82) is 5.26 Å². The lowest BCUT2D eigenvalue weighted by molar-refractivity contribution is 0.0254. The number of aromatic nitrogens is 2. The summed E-state index contributed by atoms with van der Waals surface area (Å²) < 4.78 is 14.5. The average Bonchev–Trinajstić information content (AvgIpc) is 3.24. The molecule has 174 valence electrons. The molecule has 0 radical (unpaired) electrons. The van der Waals surface area contributed by atoms with Crippen molar-refractivity contribution in [3.05, 3.63) is 77.0 Å². The Morgan fingerprint density at radius 3 is 2.62 bits per heavy atom. The Hall–Kier alpha value is -2.79. The molecule has 1 fully saturated rings. The molecule has 0 amide bonds. The van der Waals surface area contributed by atoms with Gasteiger partial charge in [0.25, 0.3) is 0 Å². The van der Waals surface area contributed by atoms with E-state index >= 15 is 0 Å². The van der Waals surface area contributed by atoms with E-state index in [1.165, 1.54) is 0 Å². The number of hydrogen-bond donors (Lipinski definition) is 0. The summed E-state index contributed by atoms with van der Waals surface area (Å²) in [6, 6.07) is 20.4. The fourth-order valence-corrected chi connectivity index (χ4v) is 5.04. The monoisotopic (exact) mass is 535 g/mol. The second-order valence-corrected chi connectivity index (χ2v) is 9.51. The molecule has 0 bridgehead atoms. The predicted octanol–water partition coefficient (Wildman–Crippen LogP) is 7.48. The molecule has 1 aliphatic rings. The maximum absolute atomic E-state index is 9.79. The molecule has 5 rings (SSSR count). The van der Waals surface area contributed by atoms with Crippen molar-refractivity contribution in [1.82, 2.24) is 8.96 Å². The minimum Gasteiger partial charge on any atom is -0.489 e. The standard InChI is InChI=1S/C25H20BrN3O2S.C2H6/c26-19-13-22-23(16-29(25(22)28-15-19)32-21-4-2-1-3-5-21)17-6-7-24(18(12-17)14-27)31-20-8-10-30-11-9-20;1-2/h1-7,12-13,15-16,20H,8-11H2;1-2H3. The summed E-state index contributed by atoms with van der Waals surface area (Å²) in [5.41, 5.74) is 3.39. The quantitative estimate of drug-likeness (QED) is 0.265. The van der Waals surface area contributed by atoms with E-state index in [0.29, 0.717) is 24.5 Å². The summed E-state index contributed by atoms with van der Waals surface area (Å²) in [6.45, 7) is 5.40. The Morgan fingerprint density at radius 1 is 1.12 bits per heavy atom. The normalized spacial score (nSPS) is 13.7. The van der Waals surface area contributed by atoms with Crippen molar-refractivity contribution < 1.29 is 9.47 Å². The van der Waals surface area contributed by atoms with E-state index in [2.05, 4.69) is 55.4 Å². The van der Waals surface area contributed by atoms with E-state index in [-0.39, 0.29) is 6.10 Å². The van der Waals surface area contributed by atoms with Crippen LogP contribution in [0.25, 0.3) is 22.2 Å². The SMILES string of the molecule is CC.N#Cc1cc(-c2cn(Sc3ccccc3)c3ncc(Br)cc23)ccc1OC1CCOCC1. The number of halogens is 1. The van der Waals surface area contributed by atoms with Gasteiger partial charge in [0.15, 0.2) is 5.65 Å². The van der Waals surface area contributed by atoms with Gasteiger partial charge in [-0.2, -0.15) is 5.26 Å². The number of ether oxygens (including phenoxy) is 2. The van der Waals surface area contributed by atoms with Crippen LogP contribution in [0.2, 0.25) is 0 Å². The van der Waals surface area contributed by atoms with Crippen LogP contribution in [0, 0.1) is 11.3 Å². The molecule has 0 aliphatic carbocycles. The third kappa shape index (κ3) is 5.47. The molecular weight excluding hydrogens is 510 g/mol. The lowest BCUT2D eigenvalue weighted by Gasteiger charge is -2.23. The highest BCUT2D eigenvalue weighted by atomic mass is 79.9. The van der Waals surface area contributed by atoms with Crippen LogP contribution in [-0.4, -0.2) is 28.3 Å². The molecule has 0 N–H and O–H groups in total. The Labute approximate surface area is 213 Å². The van der Waals surface area contributed by atoms with E-state index in [1.807, 2.05) is 50.2 Å². The van der Waals surface area contributed by atoms with Crippen molar-refractivity contribution in [3.63, 3.8) is 0 Å². The molecule has 1 saturated heterocycles. The molecule has 2 aromatic heterocycles. The molecule has 1 aliphatic heterocycles. The molecule has 0 atom stereocenters. The first-order valence-electron chi connectivity index (χ1n) is 11.4. The Bertz CT molecular complexity index is 1290. The summed E-state index contributed by atoms with van der Waals surface area (Å²) in [5.74, 6) is 0.629. The molecule has 5 nitrogen and oxygen atoms in total. The summed E-state index contributed by atoms with van der Waals surface area (Å²) in [5, 5.41) is 10.8. The van der Waals surface area contributed by atoms with Crippen LogP contribution >= 0.6 is 27.9 Å². The Morgan fingerprint density at radius 2 is 1.88 bits per heavy atom. The first kappa shape index (κ1) is 24.3. The summed E-state index contributed by atoms with van der Waals surface area (Å²) >= 11 is 5.16. The second kappa shape index (κ2) is 11.6. The largest absolute Gasteiger partial charge is 0.489 e. The van der Waals surface area contributed by atoms with Gasteiger partial charge < -0.3 is 9.47 Å². The molecule has 0 unspecified atom stereocenters. The first-order valence-corrected chi connectivity index (χ1v) is 13.0. The smallest absolute Gasteiger partial charge is 0.150 e. The lowest BCUT2D eigenvalue weighted by Crippen LogP contribution is -2.26. The number of nitrogens with zero attached hydrogens (tertiary/aromatic N) is 3. The van der Waals surface area contributed by atoms with Gasteiger partial charge in [0, 0.05) is 45.6 Å². The maximum Gasteiger partial charge on any atom is 0.150 e. The molecule has 0 saturated carbocycles. The van der Waals surface area contributed by atoms with Crippen LogP contribution in [0.15, 0.2) is 76.4 Å². The van der Waals surface area contributed by atoms with E-state index < -0.39 is 0 Å². The Kier molecular flexibility index (Phi) is 8.28. The van der Waals surface area contributed by atoms with E-state index in [1.54, 1.807) is 18.1 Å².